The molecule has 3 aromatic rings. The number of hydrogen-bond acceptors (Lipinski definition) is 4. The molecule has 0 spiro atoms. The number of para-hydroxylation sites is 1. The van der Waals surface area contributed by atoms with E-state index >= 15 is 0 Å². The summed E-state index contributed by atoms with van der Waals surface area (Å²) in [5, 5.41) is 3.93. The van der Waals surface area contributed by atoms with Crippen molar-refractivity contribution in [2.75, 3.05) is 20.2 Å². The molecule has 7 heteroatoms. The highest BCUT2D eigenvalue weighted by atomic mass is 16.5. The number of hydrogen-bond donors (Lipinski definition) is 2. The summed E-state index contributed by atoms with van der Waals surface area (Å²) >= 11 is 0. The molecule has 1 atom stereocenters. The molecule has 1 aliphatic heterocycles. The minimum atomic E-state index is -0.246. The number of methoxy groups -OCH3 is 1. The van der Waals surface area contributed by atoms with Crippen molar-refractivity contribution >= 4 is 16.8 Å². The van der Waals surface area contributed by atoms with Crippen LogP contribution in [-0.2, 0) is 6.54 Å². The van der Waals surface area contributed by atoms with Gasteiger partial charge in [0.1, 0.15) is 5.75 Å². The minimum absolute atomic E-state index is 0.0978. The van der Waals surface area contributed by atoms with Crippen molar-refractivity contribution in [1.82, 2.24) is 19.8 Å². The number of carbonyl (C=O) groups is 1. The zero-order valence-electron chi connectivity index (χ0n) is 23.2. The van der Waals surface area contributed by atoms with Gasteiger partial charge < -0.3 is 24.5 Å². The summed E-state index contributed by atoms with van der Waals surface area (Å²) in [5.74, 6) is 0.866. The number of piperidine rings is 1. The van der Waals surface area contributed by atoms with Gasteiger partial charge in [0, 0.05) is 34.4 Å². The summed E-state index contributed by atoms with van der Waals surface area (Å²) in [7, 11) is 1.54. The van der Waals surface area contributed by atoms with Crippen molar-refractivity contribution in [2.24, 2.45) is 5.92 Å². The van der Waals surface area contributed by atoms with Crippen LogP contribution in [0.4, 0.5) is 0 Å². The van der Waals surface area contributed by atoms with Gasteiger partial charge in [-0.25, -0.2) is 0 Å². The first-order valence-corrected chi connectivity index (χ1v) is 13.7. The average Bonchev–Trinajstić information content (AvgIpc) is 3.19. The highest BCUT2D eigenvalue weighted by Crippen LogP contribution is 2.36. The number of fused-ring (bicyclic) bond motifs is 1. The number of rotatable bonds is 9. The Labute approximate surface area is 220 Å². The van der Waals surface area contributed by atoms with Crippen LogP contribution in [0.2, 0.25) is 0 Å². The molecule has 3 heterocycles. The fraction of sp³-hybridized carbons (Fsp3) is 0.533. The quantitative estimate of drug-likeness (QED) is 0.410. The molecule has 7 nitrogen and oxygen atoms in total. The maximum absolute atomic E-state index is 13.5. The van der Waals surface area contributed by atoms with Crippen LogP contribution in [0.5, 0.6) is 5.75 Å². The number of pyridine rings is 1. The first-order chi connectivity index (χ1) is 17.8. The summed E-state index contributed by atoms with van der Waals surface area (Å²) in [5.41, 5.74) is 3.63. The number of benzene rings is 1. The third-order valence-corrected chi connectivity index (χ3v) is 8.38. The molecule has 0 unspecified atom stereocenters. The van der Waals surface area contributed by atoms with E-state index in [1.165, 1.54) is 32.8 Å². The smallest absolute Gasteiger partial charge is 0.256 e. The molecule has 1 aliphatic rings. The van der Waals surface area contributed by atoms with Gasteiger partial charge >= 0.3 is 0 Å². The van der Waals surface area contributed by atoms with Crippen molar-refractivity contribution in [1.29, 1.82) is 0 Å². The molecule has 4 rings (SSSR count). The van der Waals surface area contributed by atoms with Crippen LogP contribution in [0.15, 0.2) is 35.1 Å². The van der Waals surface area contributed by atoms with E-state index in [1.54, 1.807) is 13.0 Å². The normalized spacial score (nSPS) is 15.9. The van der Waals surface area contributed by atoms with Crippen LogP contribution in [0.1, 0.15) is 79.8 Å². The van der Waals surface area contributed by atoms with E-state index in [9.17, 15) is 9.59 Å². The van der Waals surface area contributed by atoms with Gasteiger partial charge in [-0.15, -0.1) is 0 Å². The lowest BCUT2D eigenvalue weighted by atomic mass is 9.88. The highest BCUT2D eigenvalue weighted by Gasteiger charge is 2.30. The lowest BCUT2D eigenvalue weighted by molar-refractivity contribution is 0.0949. The number of aromatic amines is 1. The largest absolute Gasteiger partial charge is 0.496 e. The molecule has 0 saturated carbocycles. The van der Waals surface area contributed by atoms with Crippen LogP contribution in [0.3, 0.4) is 0 Å². The molecule has 2 aromatic heterocycles. The van der Waals surface area contributed by atoms with E-state index in [2.05, 4.69) is 46.6 Å². The first kappa shape index (κ1) is 27.0. The fourth-order valence-corrected chi connectivity index (χ4v) is 6.28. The molecular weight excluding hydrogens is 464 g/mol. The Kier molecular flexibility index (Phi) is 8.42. The lowest BCUT2D eigenvalue weighted by Gasteiger charge is -2.39. The van der Waals surface area contributed by atoms with Gasteiger partial charge in [-0.05, 0) is 77.6 Å². The Bertz CT molecular complexity index is 1300. The van der Waals surface area contributed by atoms with Gasteiger partial charge in [0.05, 0.1) is 24.8 Å². The number of aromatic nitrogens is 2. The SMILES string of the molecule is CCC(CC)N1CCC([C@@H](C)n2c(C)c(C(=O)NCc3c(OC)cc(C)[nH]c3=O)c3ccccc32)CC1. The van der Waals surface area contributed by atoms with Gasteiger partial charge in [0.25, 0.3) is 11.5 Å². The Balaban J connectivity index is 1.59. The monoisotopic (exact) mass is 506 g/mol. The maximum atomic E-state index is 13.5. The molecule has 37 heavy (non-hydrogen) atoms. The van der Waals surface area contributed by atoms with Gasteiger partial charge in [-0.2, -0.15) is 0 Å². The third-order valence-electron chi connectivity index (χ3n) is 8.38. The minimum Gasteiger partial charge on any atom is -0.496 e. The fourth-order valence-electron chi connectivity index (χ4n) is 6.28. The second-order valence-electron chi connectivity index (χ2n) is 10.4. The number of aryl methyl sites for hydroxylation is 1. The Morgan fingerprint density at radius 3 is 2.49 bits per heavy atom. The average molecular weight is 507 g/mol. The van der Waals surface area contributed by atoms with E-state index < -0.39 is 0 Å². The number of amides is 1. The molecule has 1 fully saturated rings. The Morgan fingerprint density at radius 2 is 1.84 bits per heavy atom. The summed E-state index contributed by atoms with van der Waals surface area (Å²) in [4.78, 5) is 31.5. The van der Waals surface area contributed by atoms with Gasteiger partial charge in [0.15, 0.2) is 0 Å². The molecule has 1 aromatic carbocycles. The standard InChI is InChI=1S/C30H42N4O3/c1-7-23(8-2)33-15-13-22(14-16-33)20(4)34-21(5)28(24-11-9-10-12-26(24)34)30(36)31-18-25-27(37-6)17-19(3)32-29(25)35/h9-12,17,20,22-23H,7-8,13-16,18H2,1-6H3,(H,31,36)(H,32,35)/t20-/m1/s1. The zero-order valence-corrected chi connectivity index (χ0v) is 23.2. The third kappa shape index (κ3) is 5.33. The van der Waals surface area contributed by atoms with Crippen molar-refractivity contribution in [3.63, 3.8) is 0 Å². The van der Waals surface area contributed by atoms with E-state index in [1.807, 2.05) is 25.1 Å². The van der Waals surface area contributed by atoms with Crippen molar-refractivity contribution < 1.29 is 9.53 Å². The molecule has 0 radical (unpaired) electrons. The molecule has 0 bridgehead atoms. The van der Waals surface area contributed by atoms with E-state index in [0.29, 0.717) is 28.8 Å². The molecule has 200 valence electrons. The number of likely N-dealkylation sites (tertiary alicyclic amines) is 1. The van der Waals surface area contributed by atoms with E-state index in [0.717, 1.165) is 35.4 Å². The second-order valence-corrected chi connectivity index (χ2v) is 10.4. The Morgan fingerprint density at radius 1 is 1.16 bits per heavy atom. The van der Waals surface area contributed by atoms with Crippen LogP contribution < -0.4 is 15.6 Å². The maximum Gasteiger partial charge on any atom is 0.256 e. The van der Waals surface area contributed by atoms with Gasteiger partial charge in [-0.3, -0.25) is 9.59 Å². The zero-order chi connectivity index (χ0) is 26.7. The molecular formula is C30H42N4O3. The van der Waals surface area contributed by atoms with E-state index in [-0.39, 0.29) is 24.1 Å². The van der Waals surface area contributed by atoms with Crippen LogP contribution in [-0.4, -0.2) is 46.6 Å². The molecule has 2 N–H and O–H groups in total. The number of nitrogens with one attached hydrogen (secondary N) is 2. The lowest BCUT2D eigenvalue weighted by Crippen LogP contribution is -2.42. The highest BCUT2D eigenvalue weighted by molar-refractivity contribution is 6.08. The Hall–Kier alpha value is -3.06. The number of ether oxygens (including phenoxy) is 1. The predicted molar refractivity (Wildman–Crippen MR) is 150 cm³/mol. The number of H-pyrrole nitrogens is 1. The molecule has 0 aliphatic carbocycles. The van der Waals surface area contributed by atoms with E-state index in [4.69, 9.17) is 4.74 Å². The van der Waals surface area contributed by atoms with Crippen molar-refractivity contribution in [3.8, 4) is 5.75 Å². The molecule has 1 saturated heterocycles. The number of carbonyl (C=O) groups excluding carboxylic acids is 1. The molecule has 1 amide bonds. The first-order valence-electron chi connectivity index (χ1n) is 13.7. The predicted octanol–water partition coefficient (Wildman–Crippen LogP) is 5.35. The number of nitrogens with zero attached hydrogens (tertiary/aromatic N) is 2. The van der Waals surface area contributed by atoms with Gasteiger partial charge in [-0.1, -0.05) is 32.0 Å². The summed E-state index contributed by atoms with van der Waals surface area (Å²) in [6, 6.07) is 10.9. The van der Waals surface area contributed by atoms with Crippen LogP contribution >= 0.6 is 0 Å². The summed E-state index contributed by atoms with van der Waals surface area (Å²) in [6.45, 7) is 13.1. The summed E-state index contributed by atoms with van der Waals surface area (Å²) in [6.07, 6.45) is 4.75. The van der Waals surface area contributed by atoms with Gasteiger partial charge in [0.2, 0.25) is 0 Å². The second kappa shape index (κ2) is 11.5. The topological polar surface area (TPSA) is 79.4 Å². The van der Waals surface area contributed by atoms with Crippen LogP contribution in [0.25, 0.3) is 10.9 Å². The van der Waals surface area contributed by atoms with Crippen molar-refractivity contribution in [2.45, 2.75) is 78.9 Å². The van der Waals surface area contributed by atoms with Crippen LogP contribution in [0, 0.1) is 19.8 Å². The van der Waals surface area contributed by atoms with Crippen molar-refractivity contribution in [3.05, 3.63) is 63.2 Å². The summed E-state index contributed by atoms with van der Waals surface area (Å²) < 4.78 is 7.76.